The number of carbonyl (C=O) groups is 3. The predicted octanol–water partition coefficient (Wildman–Crippen LogP) is -0.925. The Hall–Kier alpha value is -3.27. The van der Waals surface area contributed by atoms with Crippen LogP contribution in [0.1, 0.15) is 17.3 Å². The zero-order valence-electron chi connectivity index (χ0n) is 12.4. The lowest BCUT2D eigenvalue weighted by Crippen LogP contribution is -2.28. The maximum absolute atomic E-state index is 12.2. The summed E-state index contributed by atoms with van der Waals surface area (Å²) in [6.07, 6.45) is -0.900. The van der Waals surface area contributed by atoms with Gasteiger partial charge in [-0.1, -0.05) is 29.5 Å². The van der Waals surface area contributed by atoms with E-state index in [1.807, 2.05) is 0 Å². The summed E-state index contributed by atoms with van der Waals surface area (Å²) in [7, 11) is 0. The van der Waals surface area contributed by atoms with Gasteiger partial charge in [0.25, 0.3) is 5.91 Å². The standard InChI is InChI=1S/C15H10N2O7S/c18-9(19)5-8(14(22)23)17-13(21)11(25-15(17)24)10-6-3-1-2-4-7(6)16-12(10)20/h1-4,8,21H,5H2,(H,18,19)(H,22,23). The molecule has 0 radical (unpaired) electrons. The number of fused-ring (bicyclic) bond motifs is 1. The fourth-order valence-electron chi connectivity index (χ4n) is 2.55. The molecule has 0 aliphatic carbocycles. The van der Waals surface area contributed by atoms with Gasteiger partial charge in [-0.2, -0.15) is 0 Å². The molecule has 25 heavy (non-hydrogen) atoms. The Morgan fingerprint density at radius 2 is 1.88 bits per heavy atom. The fourth-order valence-corrected chi connectivity index (χ4v) is 3.53. The number of rotatable bonds is 5. The number of hydrogen-bond donors (Lipinski definition) is 3. The van der Waals surface area contributed by atoms with Crippen LogP contribution in [0.2, 0.25) is 0 Å². The van der Waals surface area contributed by atoms with Gasteiger partial charge in [-0.05, 0) is 6.07 Å². The van der Waals surface area contributed by atoms with E-state index in [0.717, 1.165) is 0 Å². The third kappa shape index (κ3) is 2.72. The second-order valence-corrected chi connectivity index (χ2v) is 6.11. The first-order valence-electron chi connectivity index (χ1n) is 6.93. The van der Waals surface area contributed by atoms with Crippen LogP contribution in [0, 0.1) is 0 Å². The number of benzene rings is 1. The van der Waals surface area contributed by atoms with Crippen LogP contribution < -0.4 is 15.4 Å². The SMILES string of the molecule is O=C(O)CC(C(=O)O)n1c(O)c(C2=c3ccccc3=NC2=O)sc1=O. The molecule has 10 heteroatoms. The van der Waals surface area contributed by atoms with Crippen LogP contribution >= 0.6 is 11.3 Å². The van der Waals surface area contributed by atoms with Gasteiger partial charge in [-0.15, -0.1) is 0 Å². The lowest BCUT2D eigenvalue weighted by Gasteiger charge is -2.12. The van der Waals surface area contributed by atoms with Crippen LogP contribution in [0.25, 0.3) is 5.57 Å². The molecule has 0 spiro atoms. The van der Waals surface area contributed by atoms with Crippen LogP contribution in [0.3, 0.4) is 0 Å². The summed E-state index contributed by atoms with van der Waals surface area (Å²) in [5, 5.41) is 29.1. The first kappa shape index (κ1) is 16.6. The summed E-state index contributed by atoms with van der Waals surface area (Å²) in [5.74, 6) is -4.47. The zero-order valence-corrected chi connectivity index (χ0v) is 13.2. The Labute approximate surface area is 142 Å². The number of carbonyl (C=O) groups excluding carboxylic acids is 1. The summed E-state index contributed by atoms with van der Waals surface area (Å²) in [6, 6.07) is 4.69. The Bertz CT molecular complexity index is 1100. The second kappa shape index (κ2) is 5.98. The van der Waals surface area contributed by atoms with Crippen LogP contribution in [0.5, 0.6) is 5.88 Å². The average molecular weight is 362 g/mol. The molecule has 3 N–H and O–H groups in total. The molecule has 1 aliphatic heterocycles. The number of para-hydroxylation sites is 1. The molecule has 0 saturated carbocycles. The Morgan fingerprint density at radius 3 is 2.52 bits per heavy atom. The third-order valence-electron chi connectivity index (χ3n) is 3.62. The molecule has 0 fully saturated rings. The van der Waals surface area contributed by atoms with E-state index in [1.54, 1.807) is 24.3 Å². The minimum Gasteiger partial charge on any atom is -0.493 e. The molecule has 1 amide bonds. The van der Waals surface area contributed by atoms with Crippen molar-refractivity contribution < 1.29 is 29.7 Å². The number of aromatic nitrogens is 1. The minimum atomic E-state index is -1.79. The number of carboxylic acid groups (broad SMARTS) is 2. The van der Waals surface area contributed by atoms with Gasteiger partial charge in [-0.3, -0.25) is 19.0 Å². The zero-order chi connectivity index (χ0) is 18.3. The van der Waals surface area contributed by atoms with E-state index >= 15 is 0 Å². The number of hydrogen-bond acceptors (Lipinski definition) is 6. The predicted molar refractivity (Wildman–Crippen MR) is 83.9 cm³/mol. The second-order valence-electron chi connectivity index (χ2n) is 5.15. The molecular weight excluding hydrogens is 352 g/mol. The van der Waals surface area contributed by atoms with Crippen molar-refractivity contribution in [2.75, 3.05) is 0 Å². The highest BCUT2D eigenvalue weighted by atomic mass is 32.1. The fraction of sp³-hybridized carbons (Fsp3) is 0.133. The van der Waals surface area contributed by atoms with Gasteiger partial charge >= 0.3 is 16.8 Å². The lowest BCUT2D eigenvalue weighted by molar-refractivity contribution is -0.147. The smallest absolute Gasteiger partial charge is 0.327 e. The normalized spacial score (nSPS) is 14.1. The van der Waals surface area contributed by atoms with Gasteiger partial charge in [0.1, 0.15) is 10.9 Å². The van der Waals surface area contributed by atoms with Crippen molar-refractivity contribution >= 4 is 34.8 Å². The molecule has 0 saturated heterocycles. The summed E-state index contributed by atoms with van der Waals surface area (Å²) in [4.78, 5) is 49.3. The molecule has 1 unspecified atom stereocenters. The van der Waals surface area contributed by atoms with Gasteiger partial charge in [0.15, 0.2) is 0 Å². The summed E-state index contributed by atoms with van der Waals surface area (Å²) in [5.41, 5.74) is -0.0200. The van der Waals surface area contributed by atoms with Crippen molar-refractivity contribution in [3.8, 4) is 5.88 Å². The maximum Gasteiger partial charge on any atom is 0.327 e. The maximum atomic E-state index is 12.2. The van der Waals surface area contributed by atoms with Crippen LogP contribution in [0.4, 0.5) is 0 Å². The Kier molecular flexibility index (Phi) is 3.97. The molecule has 2 aromatic rings. The van der Waals surface area contributed by atoms with Crippen LogP contribution in [-0.2, 0) is 14.4 Å². The third-order valence-corrected chi connectivity index (χ3v) is 4.58. The molecule has 3 rings (SSSR count). The van der Waals surface area contributed by atoms with E-state index in [4.69, 9.17) is 5.11 Å². The van der Waals surface area contributed by atoms with Crippen molar-refractivity contribution in [3.63, 3.8) is 0 Å². The highest BCUT2D eigenvalue weighted by Gasteiger charge is 2.32. The number of carboxylic acids is 2. The average Bonchev–Trinajstić information content (AvgIpc) is 3.00. The van der Waals surface area contributed by atoms with Crippen molar-refractivity contribution in [3.05, 3.63) is 49.4 Å². The highest BCUT2D eigenvalue weighted by molar-refractivity contribution is 7.11. The summed E-state index contributed by atoms with van der Waals surface area (Å²) < 4.78 is 0.470. The Balaban J connectivity index is 2.25. The summed E-state index contributed by atoms with van der Waals surface area (Å²) in [6.45, 7) is 0. The van der Waals surface area contributed by atoms with Crippen molar-refractivity contribution in [1.29, 1.82) is 0 Å². The van der Waals surface area contributed by atoms with Gasteiger partial charge in [0.2, 0.25) is 5.88 Å². The first-order chi connectivity index (χ1) is 11.8. The highest BCUT2D eigenvalue weighted by Crippen LogP contribution is 2.31. The largest absolute Gasteiger partial charge is 0.493 e. The number of thiazole rings is 1. The van der Waals surface area contributed by atoms with Crippen molar-refractivity contribution in [1.82, 2.24) is 4.57 Å². The van der Waals surface area contributed by atoms with E-state index in [9.17, 15) is 29.4 Å². The molecule has 2 heterocycles. The molecule has 1 atom stereocenters. The molecule has 128 valence electrons. The van der Waals surface area contributed by atoms with Gasteiger partial charge < -0.3 is 15.3 Å². The number of aromatic hydroxyl groups is 1. The van der Waals surface area contributed by atoms with Gasteiger partial charge in [-0.25, -0.2) is 9.79 Å². The number of nitrogens with zero attached hydrogens (tertiary/aromatic N) is 2. The van der Waals surface area contributed by atoms with Crippen molar-refractivity contribution in [2.24, 2.45) is 4.99 Å². The van der Waals surface area contributed by atoms with E-state index in [1.165, 1.54) is 0 Å². The topological polar surface area (TPSA) is 146 Å². The molecule has 1 aliphatic rings. The van der Waals surface area contributed by atoms with E-state index in [2.05, 4.69) is 4.99 Å². The quantitative estimate of drug-likeness (QED) is 0.623. The molecular formula is C15H10N2O7S. The van der Waals surface area contributed by atoms with Crippen LogP contribution in [-0.4, -0.2) is 37.7 Å². The molecule has 1 aromatic carbocycles. The van der Waals surface area contributed by atoms with E-state index < -0.39 is 41.1 Å². The first-order valence-corrected chi connectivity index (χ1v) is 7.74. The van der Waals surface area contributed by atoms with E-state index in [0.29, 0.717) is 26.5 Å². The molecule has 9 nitrogen and oxygen atoms in total. The number of amides is 1. The molecule has 1 aromatic heterocycles. The Morgan fingerprint density at radius 1 is 1.20 bits per heavy atom. The molecule has 0 bridgehead atoms. The van der Waals surface area contributed by atoms with Gasteiger partial charge in [0.05, 0.1) is 17.4 Å². The van der Waals surface area contributed by atoms with Crippen LogP contribution in [0.15, 0.2) is 34.1 Å². The summed E-state index contributed by atoms with van der Waals surface area (Å²) >= 11 is 0.462. The lowest BCUT2D eigenvalue weighted by atomic mass is 10.1. The van der Waals surface area contributed by atoms with Gasteiger partial charge in [0, 0.05) is 5.22 Å². The monoisotopic (exact) mass is 362 g/mol. The minimum absolute atomic E-state index is 0.0200. The van der Waals surface area contributed by atoms with E-state index in [-0.39, 0.29) is 10.5 Å². The number of aliphatic carboxylic acids is 2. The van der Waals surface area contributed by atoms with Crippen molar-refractivity contribution in [2.45, 2.75) is 12.5 Å².